The highest BCUT2D eigenvalue weighted by atomic mass is 16.5. The number of ether oxygens (including phenoxy) is 2. The van der Waals surface area contributed by atoms with Crippen molar-refractivity contribution in [2.75, 3.05) is 6.61 Å². The van der Waals surface area contributed by atoms with Crippen molar-refractivity contribution in [1.29, 1.82) is 0 Å². The summed E-state index contributed by atoms with van der Waals surface area (Å²) in [6.07, 6.45) is -2.61. The monoisotopic (exact) mass is 551 g/mol. The zero-order chi connectivity index (χ0) is 29.5. The summed E-state index contributed by atoms with van der Waals surface area (Å²) in [4.78, 5) is 83.8. The number of benzene rings is 1. The molecule has 214 valence electrons. The van der Waals surface area contributed by atoms with Crippen LogP contribution in [-0.4, -0.2) is 76.5 Å². The number of esters is 1. The van der Waals surface area contributed by atoms with E-state index in [4.69, 9.17) is 14.9 Å². The fourth-order valence-electron chi connectivity index (χ4n) is 3.19. The van der Waals surface area contributed by atoms with Crippen LogP contribution in [0.2, 0.25) is 0 Å². The summed E-state index contributed by atoms with van der Waals surface area (Å²) < 4.78 is 9.67. The Morgan fingerprint density at radius 2 is 1.46 bits per heavy atom. The maximum absolute atomic E-state index is 13.0. The Morgan fingerprint density at radius 1 is 0.821 bits per heavy atom. The van der Waals surface area contributed by atoms with Crippen molar-refractivity contribution >= 4 is 41.6 Å². The summed E-state index contributed by atoms with van der Waals surface area (Å²) in [6, 6.07) is 4.43. The number of carbonyl (C=O) groups excluding carboxylic acids is 5. The van der Waals surface area contributed by atoms with E-state index in [1.54, 1.807) is 44.2 Å². The Labute approximate surface area is 224 Å². The average Bonchev–Trinajstić information content (AvgIpc) is 2.86. The van der Waals surface area contributed by atoms with Crippen molar-refractivity contribution in [3.05, 3.63) is 35.9 Å². The van der Waals surface area contributed by atoms with Crippen molar-refractivity contribution in [1.82, 2.24) is 16.0 Å². The van der Waals surface area contributed by atoms with Gasteiger partial charge in [-0.25, -0.2) is 4.79 Å². The summed E-state index contributed by atoms with van der Waals surface area (Å²) >= 11 is 0. The maximum atomic E-state index is 13.0. The SMILES string of the molecule is CC(=O)OCC(=O)C(CC(=O)O)NC(=O)C(NC(=O)C(CCC(=O)O)NC(=O)OCc1ccccc1)C(C)C. The Kier molecular flexibility index (Phi) is 13.7. The number of carboxylic acid groups (broad SMARTS) is 2. The lowest BCUT2D eigenvalue weighted by molar-refractivity contribution is -0.147. The molecule has 1 aromatic rings. The van der Waals surface area contributed by atoms with Gasteiger partial charge >= 0.3 is 24.0 Å². The number of amides is 3. The quantitative estimate of drug-likeness (QED) is 0.177. The van der Waals surface area contributed by atoms with Crippen molar-refractivity contribution < 1.29 is 53.2 Å². The topological polar surface area (TPSA) is 214 Å². The molecule has 0 bridgehead atoms. The van der Waals surface area contributed by atoms with Crippen LogP contribution < -0.4 is 16.0 Å². The van der Waals surface area contributed by atoms with E-state index < -0.39 is 85.1 Å². The highest BCUT2D eigenvalue weighted by molar-refractivity contribution is 5.96. The summed E-state index contributed by atoms with van der Waals surface area (Å²) in [6.45, 7) is 3.30. The summed E-state index contributed by atoms with van der Waals surface area (Å²) in [5.41, 5.74) is 0.676. The third-order valence-corrected chi connectivity index (χ3v) is 5.22. The molecule has 0 heterocycles. The van der Waals surface area contributed by atoms with E-state index >= 15 is 0 Å². The van der Waals surface area contributed by atoms with Gasteiger partial charge in [0.2, 0.25) is 11.8 Å². The van der Waals surface area contributed by atoms with Gasteiger partial charge < -0.3 is 35.6 Å². The second-order valence-corrected chi connectivity index (χ2v) is 8.83. The second kappa shape index (κ2) is 16.4. The molecule has 3 atom stereocenters. The molecule has 0 aliphatic heterocycles. The predicted octanol–water partition coefficient (Wildman–Crippen LogP) is 0.379. The van der Waals surface area contributed by atoms with Gasteiger partial charge in [-0.1, -0.05) is 44.2 Å². The van der Waals surface area contributed by atoms with Gasteiger partial charge in [0.25, 0.3) is 0 Å². The molecule has 5 N–H and O–H groups in total. The molecular formula is C25H33N3O11. The molecule has 1 aromatic carbocycles. The Morgan fingerprint density at radius 3 is 2.00 bits per heavy atom. The molecule has 3 unspecified atom stereocenters. The number of carboxylic acids is 2. The largest absolute Gasteiger partial charge is 0.481 e. The number of carbonyl (C=O) groups is 7. The number of aliphatic carboxylic acids is 2. The Balaban J connectivity index is 2.95. The summed E-state index contributed by atoms with van der Waals surface area (Å²) in [5.74, 6) is -6.68. The molecule has 39 heavy (non-hydrogen) atoms. The molecule has 1 rings (SSSR count). The summed E-state index contributed by atoms with van der Waals surface area (Å²) in [7, 11) is 0. The molecular weight excluding hydrogens is 518 g/mol. The van der Waals surface area contributed by atoms with Crippen LogP contribution in [0.25, 0.3) is 0 Å². The Bertz CT molecular complexity index is 1040. The number of ketones is 1. The fourth-order valence-corrected chi connectivity index (χ4v) is 3.19. The lowest BCUT2D eigenvalue weighted by Gasteiger charge is -2.26. The zero-order valence-electron chi connectivity index (χ0n) is 21.8. The molecule has 0 fully saturated rings. The van der Waals surface area contributed by atoms with Gasteiger partial charge in [0.15, 0.2) is 12.4 Å². The third-order valence-electron chi connectivity index (χ3n) is 5.22. The zero-order valence-corrected chi connectivity index (χ0v) is 21.8. The van der Waals surface area contributed by atoms with E-state index in [9.17, 15) is 33.6 Å². The van der Waals surface area contributed by atoms with E-state index in [1.807, 2.05) is 0 Å². The number of hydrogen-bond donors (Lipinski definition) is 5. The van der Waals surface area contributed by atoms with E-state index in [1.165, 1.54) is 0 Å². The van der Waals surface area contributed by atoms with Crippen LogP contribution >= 0.6 is 0 Å². The van der Waals surface area contributed by atoms with E-state index in [0.29, 0.717) is 5.56 Å². The molecule has 14 nitrogen and oxygen atoms in total. The average molecular weight is 552 g/mol. The van der Waals surface area contributed by atoms with Crippen LogP contribution in [0.1, 0.15) is 45.6 Å². The number of hydrogen-bond acceptors (Lipinski definition) is 9. The normalized spacial score (nSPS) is 12.8. The van der Waals surface area contributed by atoms with Gasteiger partial charge in [-0.15, -0.1) is 0 Å². The maximum Gasteiger partial charge on any atom is 0.408 e. The van der Waals surface area contributed by atoms with Crippen LogP contribution in [0.15, 0.2) is 30.3 Å². The first-order chi connectivity index (χ1) is 18.3. The van der Waals surface area contributed by atoms with Crippen LogP contribution in [0, 0.1) is 5.92 Å². The van der Waals surface area contributed by atoms with Crippen LogP contribution in [-0.2, 0) is 44.8 Å². The van der Waals surface area contributed by atoms with Crippen LogP contribution in [0.5, 0.6) is 0 Å². The first kappa shape index (κ1) is 32.5. The fraction of sp³-hybridized carbons (Fsp3) is 0.480. The van der Waals surface area contributed by atoms with Gasteiger partial charge in [-0.05, 0) is 17.9 Å². The smallest absolute Gasteiger partial charge is 0.408 e. The molecule has 0 radical (unpaired) electrons. The Hall–Kier alpha value is -4.49. The van der Waals surface area contributed by atoms with Gasteiger partial charge in [0.1, 0.15) is 24.7 Å². The van der Waals surface area contributed by atoms with E-state index in [2.05, 4.69) is 20.7 Å². The number of rotatable bonds is 16. The van der Waals surface area contributed by atoms with E-state index in [-0.39, 0.29) is 13.0 Å². The molecule has 0 saturated carbocycles. The van der Waals surface area contributed by atoms with Crippen LogP contribution in [0.3, 0.4) is 0 Å². The van der Waals surface area contributed by atoms with Gasteiger partial charge in [-0.3, -0.25) is 28.8 Å². The molecule has 0 aliphatic rings. The third kappa shape index (κ3) is 13.0. The van der Waals surface area contributed by atoms with Gasteiger partial charge in [0, 0.05) is 13.3 Å². The number of Topliss-reactive ketones (excluding diaryl/α,β-unsaturated/α-hetero) is 1. The van der Waals surface area contributed by atoms with Crippen LogP contribution in [0.4, 0.5) is 4.79 Å². The molecule has 3 amide bonds. The molecule has 0 spiro atoms. The summed E-state index contributed by atoms with van der Waals surface area (Å²) in [5, 5.41) is 25.1. The molecule has 0 aromatic heterocycles. The van der Waals surface area contributed by atoms with Crippen molar-refractivity contribution in [3.63, 3.8) is 0 Å². The van der Waals surface area contributed by atoms with Gasteiger partial charge in [0.05, 0.1) is 6.42 Å². The predicted molar refractivity (Wildman–Crippen MR) is 133 cm³/mol. The molecule has 0 saturated heterocycles. The lowest BCUT2D eigenvalue weighted by atomic mass is 10.0. The lowest BCUT2D eigenvalue weighted by Crippen LogP contribution is -2.57. The molecule has 0 aliphatic carbocycles. The number of alkyl carbamates (subject to hydrolysis) is 1. The highest BCUT2D eigenvalue weighted by Gasteiger charge is 2.32. The van der Waals surface area contributed by atoms with Gasteiger partial charge in [-0.2, -0.15) is 0 Å². The highest BCUT2D eigenvalue weighted by Crippen LogP contribution is 2.08. The van der Waals surface area contributed by atoms with E-state index in [0.717, 1.165) is 6.92 Å². The minimum atomic E-state index is -1.55. The molecule has 14 heteroatoms. The first-order valence-electron chi connectivity index (χ1n) is 12.0. The minimum Gasteiger partial charge on any atom is -0.481 e. The second-order valence-electron chi connectivity index (χ2n) is 8.83. The first-order valence-corrected chi connectivity index (χ1v) is 12.0. The van der Waals surface area contributed by atoms with Crippen molar-refractivity contribution in [3.8, 4) is 0 Å². The standard InChI is InChI=1S/C25H33N3O11/c1-14(2)22(24(36)26-18(11-21(33)34)19(30)13-38-15(3)29)28-23(35)17(9-10-20(31)32)27-25(37)39-12-16-7-5-4-6-8-16/h4-8,14,17-18,22H,9-13H2,1-3H3,(H,26,36)(H,27,37)(H,28,35)(H,31,32)(H,33,34). The van der Waals surface area contributed by atoms with Crippen molar-refractivity contribution in [2.45, 2.75) is 64.8 Å². The number of nitrogens with one attached hydrogen (secondary N) is 3. The van der Waals surface area contributed by atoms with Crippen molar-refractivity contribution in [2.24, 2.45) is 5.92 Å². The minimum absolute atomic E-state index is 0.108.